The number of carbonyl (C=O) groups is 2. The van der Waals surface area contributed by atoms with E-state index in [4.69, 9.17) is 11.6 Å². The van der Waals surface area contributed by atoms with Crippen LogP contribution in [0.15, 0.2) is 42.5 Å². The van der Waals surface area contributed by atoms with Crippen LogP contribution in [0.25, 0.3) is 0 Å². The lowest BCUT2D eigenvalue weighted by Crippen LogP contribution is -2.48. The fraction of sp³-hybridized carbons (Fsp3) is 0.364. The van der Waals surface area contributed by atoms with Crippen molar-refractivity contribution in [1.29, 1.82) is 0 Å². The molecule has 0 atom stereocenters. The van der Waals surface area contributed by atoms with Gasteiger partial charge in [0.1, 0.15) is 0 Å². The van der Waals surface area contributed by atoms with Gasteiger partial charge in [0, 0.05) is 62.2 Å². The van der Waals surface area contributed by atoms with Crippen LogP contribution in [-0.4, -0.2) is 68.4 Å². The molecule has 7 heteroatoms. The van der Waals surface area contributed by atoms with Crippen LogP contribution in [0.4, 0.5) is 11.4 Å². The Hall–Kier alpha value is -2.57. The molecule has 1 saturated heterocycles. The van der Waals surface area contributed by atoms with Crippen LogP contribution >= 0.6 is 11.6 Å². The van der Waals surface area contributed by atoms with Gasteiger partial charge in [-0.25, -0.2) is 0 Å². The van der Waals surface area contributed by atoms with Gasteiger partial charge in [0.2, 0.25) is 5.91 Å². The van der Waals surface area contributed by atoms with Gasteiger partial charge in [-0.2, -0.15) is 0 Å². The third-order valence-corrected chi connectivity index (χ3v) is 5.31. The molecular weight excluding hydrogens is 388 g/mol. The van der Waals surface area contributed by atoms with Gasteiger partial charge >= 0.3 is 0 Å². The van der Waals surface area contributed by atoms with Crippen molar-refractivity contribution >= 4 is 34.8 Å². The normalized spacial score (nSPS) is 14.6. The largest absolute Gasteiger partial charge is 0.369 e. The van der Waals surface area contributed by atoms with Gasteiger partial charge in [-0.05, 0) is 48.9 Å². The van der Waals surface area contributed by atoms with Gasteiger partial charge in [0.25, 0.3) is 5.91 Å². The van der Waals surface area contributed by atoms with E-state index in [2.05, 4.69) is 22.0 Å². The fourth-order valence-electron chi connectivity index (χ4n) is 3.43. The van der Waals surface area contributed by atoms with Crippen molar-refractivity contribution in [2.45, 2.75) is 6.92 Å². The zero-order chi connectivity index (χ0) is 21.0. The van der Waals surface area contributed by atoms with E-state index in [0.717, 1.165) is 36.9 Å². The zero-order valence-corrected chi connectivity index (χ0v) is 17.9. The third kappa shape index (κ3) is 5.49. The number of rotatable bonds is 5. The van der Waals surface area contributed by atoms with E-state index in [0.29, 0.717) is 17.8 Å². The Morgan fingerprint density at radius 2 is 1.69 bits per heavy atom. The molecule has 3 rings (SSSR count). The minimum atomic E-state index is -0.0595. The van der Waals surface area contributed by atoms with Gasteiger partial charge in [-0.1, -0.05) is 17.7 Å². The first-order valence-corrected chi connectivity index (χ1v) is 10.1. The number of hydrogen-bond acceptors (Lipinski definition) is 4. The van der Waals surface area contributed by atoms with Crippen LogP contribution in [0.3, 0.4) is 0 Å². The highest BCUT2D eigenvalue weighted by Crippen LogP contribution is 2.25. The Labute approximate surface area is 177 Å². The second kappa shape index (κ2) is 9.29. The topological polar surface area (TPSA) is 55.9 Å². The molecule has 2 aromatic rings. The molecule has 0 radical (unpaired) electrons. The lowest BCUT2D eigenvalue weighted by molar-refractivity contribution is -0.117. The number of aryl methyl sites for hydroxylation is 1. The summed E-state index contributed by atoms with van der Waals surface area (Å²) in [5.41, 5.74) is 3.66. The highest BCUT2D eigenvalue weighted by molar-refractivity contribution is 6.30. The summed E-state index contributed by atoms with van der Waals surface area (Å²) in [5, 5.41) is 3.65. The van der Waals surface area contributed by atoms with Gasteiger partial charge in [-0.15, -0.1) is 0 Å². The van der Waals surface area contributed by atoms with Crippen LogP contribution < -0.4 is 10.2 Å². The SMILES string of the molecule is Cc1ccc(Cl)cc1N1CCN(CC(=O)Nc2ccc(C(=O)N(C)C)cc2)CC1. The fourth-order valence-corrected chi connectivity index (χ4v) is 3.59. The molecular formula is C22H27ClN4O2. The maximum atomic E-state index is 12.4. The molecule has 6 nitrogen and oxygen atoms in total. The molecule has 0 aliphatic carbocycles. The Kier molecular flexibility index (Phi) is 6.77. The summed E-state index contributed by atoms with van der Waals surface area (Å²) in [4.78, 5) is 30.3. The predicted octanol–water partition coefficient (Wildman–Crippen LogP) is 3.11. The van der Waals surface area contributed by atoms with Crippen LogP contribution in [-0.2, 0) is 4.79 Å². The molecule has 0 bridgehead atoms. The minimum Gasteiger partial charge on any atom is -0.369 e. The van der Waals surface area contributed by atoms with E-state index in [-0.39, 0.29) is 11.8 Å². The molecule has 0 saturated carbocycles. The number of halogens is 1. The molecule has 0 aromatic heterocycles. The highest BCUT2D eigenvalue weighted by Gasteiger charge is 2.20. The van der Waals surface area contributed by atoms with Crippen molar-refractivity contribution in [1.82, 2.24) is 9.80 Å². The average Bonchev–Trinajstić information content (AvgIpc) is 2.70. The molecule has 2 aromatic carbocycles. The summed E-state index contributed by atoms with van der Waals surface area (Å²) < 4.78 is 0. The van der Waals surface area contributed by atoms with E-state index in [1.165, 1.54) is 10.5 Å². The van der Waals surface area contributed by atoms with Crippen molar-refractivity contribution in [3.8, 4) is 0 Å². The van der Waals surface area contributed by atoms with Crippen molar-refractivity contribution in [2.24, 2.45) is 0 Å². The molecule has 2 amide bonds. The number of carbonyl (C=O) groups excluding carboxylic acids is 2. The molecule has 1 aliphatic rings. The Bertz CT molecular complexity index is 875. The maximum Gasteiger partial charge on any atom is 0.253 e. The van der Waals surface area contributed by atoms with Crippen molar-refractivity contribution in [3.05, 3.63) is 58.6 Å². The van der Waals surface area contributed by atoms with Crippen LogP contribution in [0.1, 0.15) is 15.9 Å². The van der Waals surface area contributed by atoms with Crippen molar-refractivity contribution in [2.75, 3.05) is 57.0 Å². The third-order valence-electron chi connectivity index (χ3n) is 5.07. The number of nitrogens with one attached hydrogen (secondary N) is 1. The zero-order valence-electron chi connectivity index (χ0n) is 17.1. The summed E-state index contributed by atoms with van der Waals surface area (Å²) >= 11 is 6.14. The molecule has 0 spiro atoms. The van der Waals surface area contributed by atoms with E-state index in [9.17, 15) is 9.59 Å². The second-order valence-electron chi connectivity index (χ2n) is 7.52. The number of amides is 2. The van der Waals surface area contributed by atoms with E-state index < -0.39 is 0 Å². The summed E-state index contributed by atoms with van der Waals surface area (Å²) in [5.74, 6) is -0.111. The summed E-state index contributed by atoms with van der Waals surface area (Å²) in [6, 6.07) is 12.9. The Balaban J connectivity index is 1.50. The quantitative estimate of drug-likeness (QED) is 0.816. The maximum absolute atomic E-state index is 12.4. The Morgan fingerprint density at radius 1 is 1.03 bits per heavy atom. The average molecular weight is 415 g/mol. The molecule has 29 heavy (non-hydrogen) atoms. The highest BCUT2D eigenvalue weighted by atomic mass is 35.5. The smallest absolute Gasteiger partial charge is 0.253 e. The first-order valence-electron chi connectivity index (χ1n) is 9.68. The van der Waals surface area contributed by atoms with E-state index >= 15 is 0 Å². The number of hydrogen-bond donors (Lipinski definition) is 1. The van der Waals surface area contributed by atoms with E-state index in [1.807, 2.05) is 18.2 Å². The number of nitrogens with zero attached hydrogens (tertiary/aromatic N) is 3. The van der Waals surface area contributed by atoms with Crippen molar-refractivity contribution < 1.29 is 9.59 Å². The molecule has 1 N–H and O–H groups in total. The summed E-state index contributed by atoms with van der Waals surface area (Å²) in [6.45, 7) is 5.78. The number of anilines is 2. The first-order chi connectivity index (χ1) is 13.8. The standard InChI is InChI=1S/C22H27ClN4O2/c1-16-4-7-18(23)14-20(16)27-12-10-26(11-13-27)15-21(28)24-19-8-5-17(6-9-19)22(29)25(2)3/h4-9,14H,10-13,15H2,1-3H3,(H,24,28). The van der Waals surface area contributed by atoms with Gasteiger partial charge in [0.15, 0.2) is 0 Å². The summed E-state index contributed by atoms with van der Waals surface area (Å²) in [7, 11) is 3.43. The Morgan fingerprint density at radius 3 is 2.31 bits per heavy atom. The van der Waals surface area contributed by atoms with Gasteiger partial charge in [-0.3, -0.25) is 14.5 Å². The molecule has 1 fully saturated rings. The molecule has 1 aliphatic heterocycles. The van der Waals surface area contributed by atoms with E-state index in [1.54, 1.807) is 38.4 Å². The lowest BCUT2D eigenvalue weighted by atomic mass is 10.1. The number of piperazine rings is 1. The first kappa shape index (κ1) is 21.1. The molecule has 0 unspecified atom stereocenters. The van der Waals surface area contributed by atoms with Crippen LogP contribution in [0.2, 0.25) is 5.02 Å². The molecule has 1 heterocycles. The minimum absolute atomic E-state index is 0.0518. The van der Waals surface area contributed by atoms with Crippen molar-refractivity contribution in [3.63, 3.8) is 0 Å². The molecule has 154 valence electrons. The second-order valence-corrected chi connectivity index (χ2v) is 7.96. The number of benzene rings is 2. The van der Waals surface area contributed by atoms with Gasteiger partial charge in [0.05, 0.1) is 6.54 Å². The summed E-state index contributed by atoms with van der Waals surface area (Å²) in [6.07, 6.45) is 0. The van der Waals surface area contributed by atoms with Gasteiger partial charge < -0.3 is 15.1 Å². The lowest BCUT2D eigenvalue weighted by Gasteiger charge is -2.36. The van der Waals surface area contributed by atoms with Crippen LogP contribution in [0, 0.1) is 6.92 Å². The van der Waals surface area contributed by atoms with Crippen LogP contribution in [0.5, 0.6) is 0 Å². The monoisotopic (exact) mass is 414 g/mol. The predicted molar refractivity (Wildman–Crippen MR) is 118 cm³/mol.